The van der Waals surface area contributed by atoms with Crippen LogP contribution in [0.4, 0.5) is 0 Å². The van der Waals surface area contributed by atoms with Gasteiger partial charge in [-0.3, -0.25) is 0 Å². The maximum Gasteiger partial charge on any atom is 0.298 e. The Hall–Kier alpha value is -1.20. The Labute approximate surface area is 102 Å². The van der Waals surface area contributed by atoms with Gasteiger partial charge in [-0.2, -0.15) is 9.36 Å². The Morgan fingerprint density at radius 3 is 2.75 bits per heavy atom. The quantitative estimate of drug-likeness (QED) is 0.788. The highest BCUT2D eigenvalue weighted by Gasteiger charge is 2.09. The van der Waals surface area contributed by atoms with E-state index >= 15 is 0 Å². The first-order valence-corrected chi connectivity index (χ1v) is 5.93. The monoisotopic (exact) mass is 255 g/mol. The van der Waals surface area contributed by atoms with E-state index in [-0.39, 0.29) is 0 Å². The summed E-state index contributed by atoms with van der Waals surface area (Å²) in [4.78, 5) is 8.17. The first kappa shape index (κ1) is 11.3. The van der Waals surface area contributed by atoms with Crippen LogP contribution < -0.4 is 4.74 Å². The van der Waals surface area contributed by atoms with E-state index in [1.807, 2.05) is 13.8 Å². The number of hydrogen-bond acceptors (Lipinski definition) is 5. The summed E-state index contributed by atoms with van der Waals surface area (Å²) in [7, 11) is 0. The van der Waals surface area contributed by atoms with Gasteiger partial charge >= 0.3 is 0 Å². The van der Waals surface area contributed by atoms with Crippen LogP contribution in [0.5, 0.6) is 10.9 Å². The summed E-state index contributed by atoms with van der Waals surface area (Å²) in [5, 5.41) is 0.959. The zero-order chi connectivity index (χ0) is 11.5. The molecule has 16 heavy (non-hydrogen) atoms. The van der Waals surface area contributed by atoms with Crippen LogP contribution in [-0.4, -0.2) is 14.3 Å². The second-order valence-electron chi connectivity index (χ2n) is 3.49. The zero-order valence-electron chi connectivity index (χ0n) is 8.85. The molecular weight excluding hydrogens is 246 g/mol. The van der Waals surface area contributed by atoms with Crippen LogP contribution in [0.1, 0.15) is 25.6 Å². The molecule has 0 N–H and O–H groups in total. The number of rotatable bonds is 3. The Kier molecular flexibility index (Phi) is 3.36. The standard InChI is InChI=1S/C10H10ClN3OS/c1-6(2)9-13-10(16-14-9)15-7-3-4-8(11)12-5-7/h3-6H,1-2H3. The molecule has 0 bridgehead atoms. The SMILES string of the molecule is CC(C)c1nsc(Oc2ccc(Cl)nc2)n1. The van der Waals surface area contributed by atoms with Crippen molar-refractivity contribution in [1.29, 1.82) is 0 Å². The third-order valence-corrected chi connectivity index (χ3v) is 2.68. The molecule has 6 heteroatoms. The fraction of sp³-hybridized carbons (Fsp3) is 0.300. The average Bonchev–Trinajstić information content (AvgIpc) is 2.70. The highest BCUT2D eigenvalue weighted by atomic mass is 35.5. The maximum absolute atomic E-state index is 5.67. The first-order chi connectivity index (χ1) is 7.65. The van der Waals surface area contributed by atoms with Crippen LogP contribution in [-0.2, 0) is 0 Å². The number of halogens is 1. The van der Waals surface area contributed by atoms with Gasteiger partial charge in [-0.1, -0.05) is 25.4 Å². The van der Waals surface area contributed by atoms with E-state index in [4.69, 9.17) is 16.3 Å². The molecule has 0 unspecified atom stereocenters. The molecule has 0 saturated heterocycles. The molecule has 0 spiro atoms. The molecule has 2 aromatic rings. The fourth-order valence-electron chi connectivity index (χ4n) is 1.02. The van der Waals surface area contributed by atoms with E-state index in [0.29, 0.717) is 22.0 Å². The van der Waals surface area contributed by atoms with Crippen molar-refractivity contribution in [1.82, 2.24) is 14.3 Å². The number of pyridine rings is 1. The van der Waals surface area contributed by atoms with Crippen LogP contribution in [0.15, 0.2) is 18.3 Å². The van der Waals surface area contributed by atoms with Crippen LogP contribution in [0, 0.1) is 0 Å². The molecule has 0 aliphatic heterocycles. The molecule has 0 aromatic carbocycles. The van der Waals surface area contributed by atoms with Gasteiger partial charge < -0.3 is 4.74 Å². The first-order valence-electron chi connectivity index (χ1n) is 4.78. The minimum atomic E-state index is 0.303. The molecule has 0 amide bonds. The van der Waals surface area contributed by atoms with Crippen LogP contribution in [0.2, 0.25) is 5.15 Å². The summed E-state index contributed by atoms with van der Waals surface area (Å²) in [6, 6.07) is 3.41. The molecule has 0 radical (unpaired) electrons. The van der Waals surface area contributed by atoms with Gasteiger partial charge in [-0.15, -0.1) is 0 Å². The van der Waals surface area contributed by atoms with Gasteiger partial charge in [0.1, 0.15) is 16.7 Å². The van der Waals surface area contributed by atoms with Crippen LogP contribution in [0.3, 0.4) is 0 Å². The Balaban J connectivity index is 2.11. The van der Waals surface area contributed by atoms with Crippen molar-refractivity contribution in [2.45, 2.75) is 19.8 Å². The van der Waals surface area contributed by atoms with Gasteiger partial charge in [0.05, 0.1) is 6.20 Å². The molecule has 2 rings (SSSR count). The largest absolute Gasteiger partial charge is 0.428 e. The van der Waals surface area contributed by atoms with Crippen molar-refractivity contribution >= 4 is 23.1 Å². The van der Waals surface area contributed by atoms with Gasteiger partial charge in [-0.25, -0.2) is 4.98 Å². The van der Waals surface area contributed by atoms with E-state index in [1.165, 1.54) is 11.5 Å². The third-order valence-electron chi connectivity index (χ3n) is 1.84. The van der Waals surface area contributed by atoms with Crippen molar-refractivity contribution in [2.75, 3.05) is 0 Å². The Morgan fingerprint density at radius 1 is 1.38 bits per heavy atom. The molecule has 0 atom stereocenters. The van der Waals surface area contributed by atoms with Crippen molar-refractivity contribution in [2.24, 2.45) is 0 Å². The summed E-state index contributed by atoms with van der Waals surface area (Å²) < 4.78 is 9.68. The Morgan fingerprint density at radius 2 is 2.19 bits per heavy atom. The zero-order valence-corrected chi connectivity index (χ0v) is 10.4. The molecular formula is C10H10ClN3OS. The van der Waals surface area contributed by atoms with Crippen molar-refractivity contribution in [3.05, 3.63) is 29.3 Å². The smallest absolute Gasteiger partial charge is 0.298 e. The van der Waals surface area contributed by atoms with E-state index in [9.17, 15) is 0 Å². The lowest BCUT2D eigenvalue weighted by atomic mass is 10.2. The van der Waals surface area contributed by atoms with Crippen molar-refractivity contribution in [3.63, 3.8) is 0 Å². The summed E-state index contributed by atoms with van der Waals surface area (Å²) in [6.07, 6.45) is 1.55. The van der Waals surface area contributed by atoms with Gasteiger partial charge in [0.25, 0.3) is 5.19 Å². The molecule has 2 aromatic heterocycles. The van der Waals surface area contributed by atoms with Crippen molar-refractivity contribution in [3.8, 4) is 10.9 Å². The van der Waals surface area contributed by atoms with E-state index in [1.54, 1.807) is 18.3 Å². The lowest BCUT2D eigenvalue weighted by Crippen LogP contribution is -1.90. The van der Waals surface area contributed by atoms with Gasteiger partial charge in [0.15, 0.2) is 0 Å². The summed E-state index contributed by atoms with van der Waals surface area (Å²) in [6.45, 7) is 4.07. The second kappa shape index (κ2) is 4.76. The number of nitrogens with zero attached hydrogens (tertiary/aromatic N) is 3. The van der Waals surface area contributed by atoms with E-state index in [0.717, 1.165) is 5.82 Å². The number of aromatic nitrogens is 3. The average molecular weight is 256 g/mol. The van der Waals surface area contributed by atoms with E-state index in [2.05, 4.69) is 14.3 Å². The predicted molar refractivity (Wildman–Crippen MR) is 63.3 cm³/mol. The molecule has 84 valence electrons. The lowest BCUT2D eigenvalue weighted by Gasteiger charge is -1.99. The van der Waals surface area contributed by atoms with Crippen LogP contribution in [0.25, 0.3) is 0 Å². The summed E-state index contributed by atoms with van der Waals surface area (Å²) in [5.74, 6) is 1.70. The molecule has 0 fully saturated rings. The molecule has 0 aliphatic rings. The molecule has 4 nitrogen and oxygen atoms in total. The number of hydrogen-bond donors (Lipinski definition) is 0. The molecule has 0 aliphatic carbocycles. The minimum absolute atomic E-state index is 0.303. The highest BCUT2D eigenvalue weighted by Crippen LogP contribution is 2.25. The van der Waals surface area contributed by atoms with Gasteiger partial charge in [0, 0.05) is 17.5 Å². The van der Waals surface area contributed by atoms with Crippen LogP contribution >= 0.6 is 23.1 Å². The number of ether oxygens (including phenoxy) is 1. The second-order valence-corrected chi connectivity index (χ2v) is 4.59. The van der Waals surface area contributed by atoms with E-state index < -0.39 is 0 Å². The predicted octanol–water partition coefficient (Wildman–Crippen LogP) is 3.50. The van der Waals surface area contributed by atoms with Crippen molar-refractivity contribution < 1.29 is 4.74 Å². The molecule has 2 heterocycles. The summed E-state index contributed by atoms with van der Waals surface area (Å²) in [5.41, 5.74) is 0. The topological polar surface area (TPSA) is 47.9 Å². The van der Waals surface area contributed by atoms with Gasteiger partial charge in [-0.05, 0) is 12.1 Å². The fourth-order valence-corrected chi connectivity index (χ4v) is 1.82. The lowest BCUT2D eigenvalue weighted by molar-refractivity contribution is 0.474. The molecule has 0 saturated carbocycles. The van der Waals surface area contributed by atoms with Gasteiger partial charge in [0.2, 0.25) is 0 Å². The third kappa shape index (κ3) is 2.68. The minimum Gasteiger partial charge on any atom is -0.428 e. The normalized spacial score (nSPS) is 10.8. The summed E-state index contributed by atoms with van der Waals surface area (Å²) >= 11 is 6.90. The maximum atomic E-state index is 5.67. The Bertz CT molecular complexity index is 469. The highest BCUT2D eigenvalue weighted by molar-refractivity contribution is 7.07.